The van der Waals surface area contributed by atoms with Crippen LogP contribution in [0.3, 0.4) is 0 Å². The van der Waals surface area contributed by atoms with Crippen LogP contribution >= 0.6 is 11.8 Å². The number of nitrogens with zero attached hydrogens (tertiary/aromatic N) is 2. The van der Waals surface area contributed by atoms with Gasteiger partial charge in [-0.25, -0.2) is 0 Å². The number of thioether (sulfide) groups is 1. The molecule has 2 rings (SSSR count). The maximum atomic E-state index is 5.50. The van der Waals surface area contributed by atoms with E-state index in [9.17, 15) is 0 Å². The maximum Gasteiger partial charge on any atom is 0.0939 e. The van der Waals surface area contributed by atoms with E-state index >= 15 is 0 Å². The van der Waals surface area contributed by atoms with E-state index in [-0.39, 0.29) is 0 Å². The number of aryl methyl sites for hydroxylation is 2. The van der Waals surface area contributed by atoms with Crippen LogP contribution in [0.4, 0.5) is 0 Å². The van der Waals surface area contributed by atoms with Crippen LogP contribution in [0.2, 0.25) is 0 Å². The molecule has 0 aromatic carbocycles. The summed E-state index contributed by atoms with van der Waals surface area (Å²) >= 11 is 1.89. The zero-order valence-corrected chi connectivity index (χ0v) is 12.3. The van der Waals surface area contributed by atoms with Crippen molar-refractivity contribution in [2.24, 2.45) is 13.0 Å². The van der Waals surface area contributed by atoms with E-state index in [4.69, 9.17) is 4.74 Å². The minimum atomic E-state index is 0.540. The molecule has 0 aliphatic carbocycles. The number of nitrogens with one attached hydrogen (secondary N) is 1. The molecule has 5 heteroatoms. The van der Waals surface area contributed by atoms with Crippen LogP contribution in [-0.4, -0.2) is 41.3 Å². The lowest BCUT2D eigenvalue weighted by Crippen LogP contribution is -2.38. The molecule has 0 amide bonds. The van der Waals surface area contributed by atoms with Gasteiger partial charge < -0.3 is 10.1 Å². The van der Waals surface area contributed by atoms with Crippen molar-refractivity contribution in [3.8, 4) is 0 Å². The number of hydrogen-bond donors (Lipinski definition) is 1. The standard InChI is InChI=1S/C13H23N3OS/c1-4-14-12(11-5-6-17-8-11)9-18-13-7-10(2)15-16(13)3/h7,11-12,14H,4-6,8-9H2,1-3H3. The average Bonchev–Trinajstić information content (AvgIpc) is 2.95. The van der Waals surface area contributed by atoms with Gasteiger partial charge in [0, 0.05) is 31.4 Å². The Kier molecular flexibility index (Phi) is 5.09. The lowest BCUT2D eigenvalue weighted by Gasteiger charge is -2.22. The number of rotatable bonds is 6. The molecule has 1 aliphatic rings. The van der Waals surface area contributed by atoms with Crippen LogP contribution in [0, 0.1) is 12.8 Å². The lowest BCUT2D eigenvalue weighted by molar-refractivity contribution is 0.179. The zero-order valence-electron chi connectivity index (χ0n) is 11.5. The molecule has 18 heavy (non-hydrogen) atoms. The van der Waals surface area contributed by atoms with Gasteiger partial charge in [-0.05, 0) is 26.0 Å². The fourth-order valence-electron chi connectivity index (χ4n) is 2.39. The molecule has 2 unspecified atom stereocenters. The first-order valence-electron chi connectivity index (χ1n) is 6.65. The Bertz CT molecular complexity index is 374. The summed E-state index contributed by atoms with van der Waals surface area (Å²) < 4.78 is 7.46. The van der Waals surface area contributed by atoms with Gasteiger partial charge in [-0.1, -0.05) is 6.92 Å². The largest absolute Gasteiger partial charge is 0.381 e. The maximum absolute atomic E-state index is 5.50. The van der Waals surface area contributed by atoms with Crippen LogP contribution in [0.5, 0.6) is 0 Å². The topological polar surface area (TPSA) is 39.1 Å². The van der Waals surface area contributed by atoms with Crippen molar-refractivity contribution in [3.05, 3.63) is 11.8 Å². The predicted octanol–water partition coefficient (Wildman–Crippen LogP) is 1.84. The summed E-state index contributed by atoms with van der Waals surface area (Å²) in [6.45, 7) is 7.05. The average molecular weight is 269 g/mol. The highest BCUT2D eigenvalue weighted by Crippen LogP contribution is 2.24. The molecule has 1 aromatic heterocycles. The van der Waals surface area contributed by atoms with Crippen molar-refractivity contribution in [1.82, 2.24) is 15.1 Å². The molecular formula is C13H23N3OS. The molecule has 0 spiro atoms. The van der Waals surface area contributed by atoms with Gasteiger partial charge >= 0.3 is 0 Å². The quantitative estimate of drug-likeness (QED) is 0.800. The van der Waals surface area contributed by atoms with E-state index in [2.05, 4.69) is 23.4 Å². The number of aromatic nitrogens is 2. The van der Waals surface area contributed by atoms with Crippen molar-refractivity contribution in [1.29, 1.82) is 0 Å². The fourth-order valence-corrected chi connectivity index (χ4v) is 3.61. The highest BCUT2D eigenvalue weighted by Gasteiger charge is 2.25. The molecule has 1 N–H and O–H groups in total. The third kappa shape index (κ3) is 3.49. The van der Waals surface area contributed by atoms with Gasteiger partial charge in [-0.3, -0.25) is 4.68 Å². The van der Waals surface area contributed by atoms with Crippen LogP contribution in [0.25, 0.3) is 0 Å². The smallest absolute Gasteiger partial charge is 0.0939 e. The molecule has 2 heterocycles. The van der Waals surface area contributed by atoms with Gasteiger partial charge in [0.1, 0.15) is 0 Å². The first-order chi connectivity index (χ1) is 8.70. The lowest BCUT2D eigenvalue weighted by atomic mass is 10.0. The monoisotopic (exact) mass is 269 g/mol. The summed E-state index contributed by atoms with van der Waals surface area (Å²) in [5, 5.41) is 9.22. The molecule has 1 aliphatic heterocycles. The van der Waals surface area contributed by atoms with E-state index in [0.29, 0.717) is 12.0 Å². The van der Waals surface area contributed by atoms with E-state index in [1.165, 1.54) is 11.4 Å². The summed E-state index contributed by atoms with van der Waals surface area (Å²) in [5.74, 6) is 1.74. The first kappa shape index (κ1) is 13.9. The minimum Gasteiger partial charge on any atom is -0.381 e. The summed E-state index contributed by atoms with van der Waals surface area (Å²) in [6, 6.07) is 2.69. The molecule has 1 saturated heterocycles. The van der Waals surface area contributed by atoms with Gasteiger partial charge in [0.2, 0.25) is 0 Å². The van der Waals surface area contributed by atoms with Gasteiger partial charge in [-0.15, -0.1) is 11.8 Å². The minimum absolute atomic E-state index is 0.540. The van der Waals surface area contributed by atoms with Crippen molar-refractivity contribution < 1.29 is 4.74 Å². The highest BCUT2D eigenvalue weighted by atomic mass is 32.2. The van der Waals surface area contributed by atoms with Crippen LogP contribution in [-0.2, 0) is 11.8 Å². The van der Waals surface area contributed by atoms with Crippen molar-refractivity contribution in [2.75, 3.05) is 25.5 Å². The third-order valence-electron chi connectivity index (χ3n) is 3.37. The Morgan fingerprint density at radius 3 is 3.06 bits per heavy atom. The van der Waals surface area contributed by atoms with E-state index < -0.39 is 0 Å². The Balaban J connectivity index is 1.90. The third-order valence-corrected chi connectivity index (χ3v) is 4.57. The predicted molar refractivity (Wildman–Crippen MR) is 75.1 cm³/mol. The van der Waals surface area contributed by atoms with E-state index in [1.54, 1.807) is 0 Å². The van der Waals surface area contributed by atoms with Gasteiger partial charge in [0.05, 0.1) is 17.3 Å². The zero-order chi connectivity index (χ0) is 13.0. The molecule has 1 aromatic rings. The summed E-state index contributed by atoms with van der Waals surface area (Å²) in [4.78, 5) is 0. The normalized spacial score (nSPS) is 21.4. The molecule has 4 nitrogen and oxygen atoms in total. The van der Waals surface area contributed by atoms with Gasteiger partial charge in [0.25, 0.3) is 0 Å². The molecular weight excluding hydrogens is 246 g/mol. The Morgan fingerprint density at radius 2 is 2.50 bits per heavy atom. The van der Waals surface area contributed by atoms with Crippen molar-refractivity contribution >= 4 is 11.8 Å². The highest BCUT2D eigenvalue weighted by molar-refractivity contribution is 7.99. The Morgan fingerprint density at radius 1 is 1.67 bits per heavy atom. The SMILES string of the molecule is CCNC(CSc1cc(C)nn1C)C1CCOC1. The second-order valence-electron chi connectivity index (χ2n) is 4.85. The molecule has 0 radical (unpaired) electrons. The molecule has 1 fully saturated rings. The number of ether oxygens (including phenoxy) is 1. The summed E-state index contributed by atoms with van der Waals surface area (Å²) in [5.41, 5.74) is 1.09. The fraction of sp³-hybridized carbons (Fsp3) is 0.769. The van der Waals surface area contributed by atoms with Crippen molar-refractivity contribution in [3.63, 3.8) is 0 Å². The summed E-state index contributed by atoms with van der Waals surface area (Å²) in [6.07, 6.45) is 1.18. The van der Waals surface area contributed by atoms with Crippen LogP contribution in [0.1, 0.15) is 19.0 Å². The number of hydrogen-bond acceptors (Lipinski definition) is 4. The van der Waals surface area contributed by atoms with Crippen molar-refractivity contribution in [2.45, 2.75) is 31.3 Å². The first-order valence-corrected chi connectivity index (χ1v) is 7.63. The van der Waals surface area contributed by atoms with Crippen LogP contribution < -0.4 is 5.32 Å². The molecule has 0 bridgehead atoms. The van der Waals surface area contributed by atoms with E-state index in [0.717, 1.165) is 31.2 Å². The molecule has 0 saturated carbocycles. The second kappa shape index (κ2) is 6.59. The molecule has 2 atom stereocenters. The Labute approximate surface area is 113 Å². The summed E-state index contributed by atoms with van der Waals surface area (Å²) in [7, 11) is 2.01. The van der Waals surface area contributed by atoms with Gasteiger partial charge in [0.15, 0.2) is 0 Å². The Hall–Kier alpha value is -0.520. The van der Waals surface area contributed by atoms with E-state index in [1.807, 2.05) is 30.4 Å². The van der Waals surface area contributed by atoms with Gasteiger partial charge in [-0.2, -0.15) is 5.10 Å². The van der Waals surface area contributed by atoms with Crippen LogP contribution in [0.15, 0.2) is 11.1 Å². The molecule has 102 valence electrons. The second-order valence-corrected chi connectivity index (χ2v) is 5.89.